The molecule has 1 fully saturated rings. The Kier molecular flexibility index (Phi) is 4.04. The molecule has 1 saturated carbocycles. The molecule has 0 radical (unpaired) electrons. The highest BCUT2D eigenvalue weighted by molar-refractivity contribution is 5.56. The van der Waals surface area contributed by atoms with Crippen molar-refractivity contribution < 1.29 is 4.52 Å². The molecule has 5 nitrogen and oxygen atoms in total. The van der Waals surface area contributed by atoms with Crippen LogP contribution < -0.4 is 5.32 Å². The van der Waals surface area contributed by atoms with Gasteiger partial charge in [-0.2, -0.15) is 4.98 Å². The number of hydrogen-bond acceptors (Lipinski definition) is 5. The van der Waals surface area contributed by atoms with E-state index in [2.05, 4.69) is 59.3 Å². The largest absolute Gasteiger partial charge is 0.377 e. The molecule has 1 aromatic heterocycles. The van der Waals surface area contributed by atoms with Crippen LogP contribution in [0.25, 0.3) is 0 Å². The Bertz CT molecular complexity index is 720. The fourth-order valence-electron chi connectivity index (χ4n) is 3.33. The summed E-state index contributed by atoms with van der Waals surface area (Å²) in [5.74, 6) is 2.73. The minimum absolute atomic E-state index is 0.512. The van der Waals surface area contributed by atoms with Crippen molar-refractivity contribution in [3.05, 3.63) is 41.0 Å². The number of nitrogens with one attached hydrogen (secondary N) is 1. The lowest BCUT2D eigenvalue weighted by atomic mass is 10.1. The summed E-state index contributed by atoms with van der Waals surface area (Å²) in [6.45, 7) is 9.57. The molecule has 128 valence electrons. The molecule has 24 heavy (non-hydrogen) atoms. The zero-order valence-corrected chi connectivity index (χ0v) is 14.7. The Labute approximate surface area is 143 Å². The fourth-order valence-corrected chi connectivity index (χ4v) is 3.33. The molecule has 1 N–H and O–H groups in total. The average molecular weight is 326 g/mol. The van der Waals surface area contributed by atoms with E-state index in [1.165, 1.54) is 29.7 Å². The summed E-state index contributed by atoms with van der Waals surface area (Å²) in [5.41, 5.74) is 4.04. The van der Waals surface area contributed by atoms with Gasteiger partial charge in [0.05, 0.1) is 6.54 Å². The third kappa shape index (κ3) is 3.05. The molecule has 0 amide bonds. The van der Waals surface area contributed by atoms with Gasteiger partial charge in [-0.15, -0.1) is 0 Å². The van der Waals surface area contributed by atoms with Crippen molar-refractivity contribution in [1.82, 2.24) is 15.0 Å². The van der Waals surface area contributed by atoms with E-state index < -0.39 is 0 Å². The summed E-state index contributed by atoms with van der Waals surface area (Å²) in [4.78, 5) is 7.05. The SMILES string of the molecule is CC(C)[C@@H](C)N1Cc2cccc(NCc3noc(C4CC4)n3)c2C1. The maximum atomic E-state index is 5.34. The second-order valence-corrected chi connectivity index (χ2v) is 7.51. The Hall–Kier alpha value is -1.88. The number of aromatic nitrogens is 2. The minimum Gasteiger partial charge on any atom is -0.377 e. The van der Waals surface area contributed by atoms with Crippen molar-refractivity contribution in [3.8, 4) is 0 Å². The predicted octanol–water partition coefficient (Wildman–Crippen LogP) is 3.92. The number of hydrogen-bond donors (Lipinski definition) is 1. The standard InChI is InChI=1S/C19H26N4O/c1-12(2)13(3)23-10-15-5-4-6-17(16(15)11-23)20-9-18-21-19(24-22-18)14-7-8-14/h4-6,12-14,20H,7-11H2,1-3H3/t13-/m1/s1. The monoisotopic (exact) mass is 326 g/mol. The molecule has 0 spiro atoms. The van der Waals surface area contributed by atoms with E-state index in [1.54, 1.807) is 0 Å². The summed E-state index contributed by atoms with van der Waals surface area (Å²) in [6.07, 6.45) is 2.37. The van der Waals surface area contributed by atoms with E-state index in [0.717, 1.165) is 24.8 Å². The summed E-state index contributed by atoms with van der Waals surface area (Å²) in [6, 6.07) is 7.12. The first-order valence-corrected chi connectivity index (χ1v) is 9.03. The number of rotatable bonds is 6. The van der Waals surface area contributed by atoms with Gasteiger partial charge >= 0.3 is 0 Å². The van der Waals surface area contributed by atoms with Crippen molar-refractivity contribution in [1.29, 1.82) is 0 Å². The van der Waals surface area contributed by atoms with Crippen molar-refractivity contribution in [2.45, 2.75) is 65.2 Å². The van der Waals surface area contributed by atoms with Gasteiger partial charge in [-0.25, -0.2) is 0 Å². The van der Waals surface area contributed by atoms with Crippen molar-refractivity contribution >= 4 is 5.69 Å². The summed E-state index contributed by atoms with van der Waals surface area (Å²) in [7, 11) is 0. The number of anilines is 1. The highest BCUT2D eigenvalue weighted by Gasteiger charge is 2.30. The van der Waals surface area contributed by atoms with E-state index in [4.69, 9.17) is 4.52 Å². The maximum absolute atomic E-state index is 5.34. The molecule has 0 bridgehead atoms. The first kappa shape index (κ1) is 15.6. The Morgan fingerprint density at radius 1 is 1.25 bits per heavy atom. The topological polar surface area (TPSA) is 54.2 Å². The molecular formula is C19H26N4O. The van der Waals surface area contributed by atoms with E-state index >= 15 is 0 Å². The quantitative estimate of drug-likeness (QED) is 0.872. The third-order valence-corrected chi connectivity index (χ3v) is 5.40. The average Bonchev–Trinajstić information content (AvgIpc) is 3.16. The zero-order valence-electron chi connectivity index (χ0n) is 14.7. The number of nitrogens with zero attached hydrogens (tertiary/aromatic N) is 3. The summed E-state index contributed by atoms with van der Waals surface area (Å²) >= 11 is 0. The predicted molar refractivity (Wildman–Crippen MR) is 93.6 cm³/mol. The van der Waals surface area contributed by atoms with Crippen LogP contribution in [-0.4, -0.2) is 21.1 Å². The molecule has 1 aliphatic heterocycles. The molecule has 1 aliphatic carbocycles. The Morgan fingerprint density at radius 3 is 2.83 bits per heavy atom. The minimum atomic E-state index is 0.512. The summed E-state index contributed by atoms with van der Waals surface area (Å²) < 4.78 is 5.34. The zero-order chi connectivity index (χ0) is 16.7. The lowest BCUT2D eigenvalue weighted by molar-refractivity contribution is 0.170. The van der Waals surface area contributed by atoms with Crippen molar-refractivity contribution in [3.63, 3.8) is 0 Å². The van der Waals surface area contributed by atoms with Gasteiger partial charge in [-0.05, 0) is 42.9 Å². The fraction of sp³-hybridized carbons (Fsp3) is 0.579. The molecular weight excluding hydrogens is 300 g/mol. The number of benzene rings is 1. The normalized spacial score (nSPS) is 18.8. The van der Waals surface area contributed by atoms with Crippen LogP contribution in [0.15, 0.2) is 22.7 Å². The lowest BCUT2D eigenvalue weighted by Gasteiger charge is -2.27. The van der Waals surface area contributed by atoms with Gasteiger partial charge in [-0.1, -0.05) is 31.1 Å². The van der Waals surface area contributed by atoms with Crippen LogP contribution in [0.2, 0.25) is 0 Å². The van der Waals surface area contributed by atoms with Crippen LogP contribution in [0, 0.1) is 5.92 Å². The van der Waals surface area contributed by atoms with Gasteiger partial charge in [0.15, 0.2) is 5.82 Å². The summed E-state index contributed by atoms with van der Waals surface area (Å²) in [5, 5.41) is 7.60. The van der Waals surface area contributed by atoms with Crippen LogP contribution in [0.1, 0.15) is 62.4 Å². The molecule has 2 heterocycles. The first-order chi connectivity index (χ1) is 11.6. The highest BCUT2D eigenvalue weighted by Crippen LogP contribution is 2.39. The second-order valence-electron chi connectivity index (χ2n) is 7.51. The van der Waals surface area contributed by atoms with Gasteiger partial charge in [0, 0.05) is 30.7 Å². The van der Waals surface area contributed by atoms with Crippen LogP contribution in [0.5, 0.6) is 0 Å². The smallest absolute Gasteiger partial charge is 0.229 e. The molecule has 2 aromatic rings. The van der Waals surface area contributed by atoms with Crippen LogP contribution >= 0.6 is 0 Å². The van der Waals surface area contributed by atoms with E-state index in [1.807, 2.05) is 0 Å². The molecule has 1 atom stereocenters. The van der Waals surface area contributed by atoms with E-state index in [0.29, 0.717) is 24.4 Å². The van der Waals surface area contributed by atoms with Gasteiger partial charge < -0.3 is 9.84 Å². The Morgan fingerprint density at radius 2 is 2.08 bits per heavy atom. The molecule has 0 unspecified atom stereocenters. The van der Waals surface area contributed by atoms with Gasteiger partial charge in [0.1, 0.15) is 0 Å². The van der Waals surface area contributed by atoms with E-state index in [-0.39, 0.29) is 0 Å². The second kappa shape index (κ2) is 6.20. The van der Waals surface area contributed by atoms with Crippen LogP contribution in [0.3, 0.4) is 0 Å². The van der Waals surface area contributed by atoms with Gasteiger partial charge in [-0.3, -0.25) is 4.90 Å². The molecule has 4 rings (SSSR count). The van der Waals surface area contributed by atoms with Gasteiger partial charge in [0.25, 0.3) is 0 Å². The number of fused-ring (bicyclic) bond motifs is 1. The van der Waals surface area contributed by atoms with Crippen molar-refractivity contribution in [2.75, 3.05) is 5.32 Å². The van der Waals surface area contributed by atoms with Gasteiger partial charge in [0.2, 0.25) is 5.89 Å². The molecule has 5 heteroatoms. The maximum Gasteiger partial charge on any atom is 0.229 e. The molecule has 1 aromatic carbocycles. The lowest BCUT2D eigenvalue weighted by Crippen LogP contribution is -2.32. The Balaban J connectivity index is 1.44. The third-order valence-electron chi connectivity index (χ3n) is 5.40. The highest BCUT2D eigenvalue weighted by atomic mass is 16.5. The first-order valence-electron chi connectivity index (χ1n) is 9.03. The molecule has 0 saturated heterocycles. The van der Waals surface area contributed by atoms with Crippen LogP contribution in [0.4, 0.5) is 5.69 Å². The van der Waals surface area contributed by atoms with E-state index in [9.17, 15) is 0 Å². The van der Waals surface area contributed by atoms with Crippen LogP contribution in [-0.2, 0) is 19.6 Å². The van der Waals surface area contributed by atoms with Crippen molar-refractivity contribution in [2.24, 2.45) is 5.92 Å². The molecule has 2 aliphatic rings.